The molecule has 0 unspecified atom stereocenters. The Morgan fingerprint density at radius 1 is 1.83 bits per heavy atom. The summed E-state index contributed by atoms with van der Waals surface area (Å²) in [4.78, 5) is 0. The average molecular weight is 256 g/mol. The van der Waals surface area contributed by atoms with Gasteiger partial charge in [0.2, 0.25) is 0 Å². The molecule has 0 fully saturated rings. The zero-order valence-electron chi connectivity index (χ0n) is 4.29. The normalized spacial score (nSPS) is 18.5. The third kappa shape index (κ3) is 0.789. The molecule has 0 bridgehead atoms. The molecule has 0 amide bonds. The Hall–Kier alpha value is 0.116. The summed E-state index contributed by atoms with van der Waals surface area (Å²) in [5.41, 5.74) is 0. The van der Waals surface area contributed by atoms with Gasteiger partial charge in [0.25, 0.3) is 0 Å². The predicted octanol–water partition coefficient (Wildman–Crippen LogP) is 1.49. The molecule has 1 rings (SSSR count). The third-order valence-corrected chi connectivity index (χ3v) is 1.66. The fourth-order valence-corrected chi connectivity index (χ4v) is 0.960. The Labute approximate surface area is 49.3 Å². The van der Waals surface area contributed by atoms with E-state index in [9.17, 15) is 0 Å². The van der Waals surface area contributed by atoms with Crippen LogP contribution in [0.5, 0.6) is 0 Å². The van der Waals surface area contributed by atoms with Gasteiger partial charge in [0.15, 0.2) is 0 Å². The van der Waals surface area contributed by atoms with E-state index in [2.05, 4.69) is 18.2 Å². The summed E-state index contributed by atoms with van der Waals surface area (Å²) in [7, 11) is 0. The predicted molar refractivity (Wildman–Crippen MR) is 23.0 cm³/mol. The van der Waals surface area contributed by atoms with E-state index in [1.54, 1.807) is 0 Å². The van der Waals surface area contributed by atoms with Crippen LogP contribution in [0.4, 0.5) is 0 Å². The molecule has 0 nitrogen and oxygen atoms in total. The SMILES string of the molecule is [H-].[Os][C]1=CC=CC1. The third-order valence-electron chi connectivity index (χ3n) is 0.717. The minimum atomic E-state index is 0. The summed E-state index contributed by atoms with van der Waals surface area (Å²) in [6, 6.07) is 0. The molecule has 0 aromatic heterocycles. The first-order valence-electron chi connectivity index (χ1n) is 1.89. The first-order chi connectivity index (χ1) is 2.89. The second kappa shape index (κ2) is 1.71. The van der Waals surface area contributed by atoms with Crippen LogP contribution in [0.3, 0.4) is 0 Å². The minimum absolute atomic E-state index is 0. The van der Waals surface area contributed by atoms with Gasteiger partial charge in [0, 0.05) is 0 Å². The molecule has 0 atom stereocenters. The van der Waals surface area contributed by atoms with Crippen LogP contribution in [0, 0.1) is 0 Å². The number of hydrogen-bond acceptors (Lipinski definition) is 0. The summed E-state index contributed by atoms with van der Waals surface area (Å²) in [5, 5.41) is 0. The fraction of sp³-hybridized carbons (Fsp3) is 0.200. The van der Waals surface area contributed by atoms with Crippen molar-refractivity contribution in [2.45, 2.75) is 6.42 Å². The summed E-state index contributed by atoms with van der Waals surface area (Å²) < 4.78 is 1.50. The zero-order chi connectivity index (χ0) is 4.41. The maximum absolute atomic E-state index is 2.17. The van der Waals surface area contributed by atoms with Crippen LogP contribution in [-0.4, -0.2) is 0 Å². The van der Waals surface area contributed by atoms with E-state index in [1.807, 2.05) is 18.6 Å². The first-order valence-corrected chi connectivity index (χ1v) is 3.16. The molecular formula is C5H6Os-. The van der Waals surface area contributed by atoms with Crippen molar-refractivity contribution in [1.82, 2.24) is 0 Å². The molecular weight excluding hydrogens is 250 g/mol. The molecule has 0 heterocycles. The van der Waals surface area contributed by atoms with E-state index in [0.717, 1.165) is 0 Å². The topological polar surface area (TPSA) is 0 Å². The summed E-state index contributed by atoms with van der Waals surface area (Å²) in [6.45, 7) is 0. The Morgan fingerprint density at radius 2 is 2.67 bits per heavy atom. The monoisotopic (exact) mass is 258 g/mol. The Kier molecular flexibility index (Phi) is 1.22. The van der Waals surface area contributed by atoms with Crippen LogP contribution in [0.1, 0.15) is 7.85 Å². The number of allylic oxidation sites excluding steroid dienone is 4. The van der Waals surface area contributed by atoms with Gasteiger partial charge < -0.3 is 1.43 Å². The van der Waals surface area contributed by atoms with Crippen LogP contribution < -0.4 is 0 Å². The average Bonchev–Trinajstić information content (AvgIpc) is 1.86. The van der Waals surface area contributed by atoms with E-state index in [1.165, 1.54) is 10.5 Å². The van der Waals surface area contributed by atoms with Crippen LogP contribution in [0.25, 0.3) is 0 Å². The van der Waals surface area contributed by atoms with Gasteiger partial charge in [-0.25, -0.2) is 0 Å². The molecule has 0 aromatic rings. The van der Waals surface area contributed by atoms with Crippen molar-refractivity contribution in [3.63, 3.8) is 0 Å². The number of hydrogen-bond donors (Lipinski definition) is 0. The molecule has 0 spiro atoms. The summed E-state index contributed by atoms with van der Waals surface area (Å²) >= 11 is 1.96. The molecule has 1 aliphatic carbocycles. The van der Waals surface area contributed by atoms with E-state index in [0.29, 0.717) is 0 Å². The molecule has 0 saturated heterocycles. The van der Waals surface area contributed by atoms with Gasteiger partial charge >= 0.3 is 47.4 Å². The van der Waals surface area contributed by atoms with Crippen LogP contribution in [0.15, 0.2) is 22.4 Å². The maximum atomic E-state index is 2.17. The van der Waals surface area contributed by atoms with E-state index in [4.69, 9.17) is 0 Å². The molecule has 0 saturated carbocycles. The van der Waals surface area contributed by atoms with Gasteiger partial charge in [-0.3, -0.25) is 0 Å². The first kappa shape index (κ1) is 4.28. The van der Waals surface area contributed by atoms with Gasteiger partial charge in [-0.2, -0.15) is 0 Å². The van der Waals surface area contributed by atoms with Crippen molar-refractivity contribution in [2.75, 3.05) is 0 Å². The molecule has 6 heavy (non-hydrogen) atoms. The van der Waals surface area contributed by atoms with Gasteiger partial charge in [-0.05, 0) is 0 Å². The van der Waals surface area contributed by atoms with Crippen molar-refractivity contribution in [1.29, 1.82) is 0 Å². The molecule has 0 aliphatic heterocycles. The zero-order valence-corrected chi connectivity index (χ0v) is 5.83. The second-order valence-corrected chi connectivity index (χ2v) is 2.86. The van der Waals surface area contributed by atoms with Crippen molar-refractivity contribution in [2.24, 2.45) is 0 Å². The van der Waals surface area contributed by atoms with Crippen molar-refractivity contribution in [3.05, 3.63) is 22.4 Å². The van der Waals surface area contributed by atoms with Gasteiger partial charge in [-0.15, -0.1) is 0 Å². The second-order valence-electron chi connectivity index (χ2n) is 1.23. The molecule has 0 aromatic carbocycles. The molecule has 35 valence electrons. The van der Waals surface area contributed by atoms with Crippen LogP contribution >= 0.6 is 0 Å². The molecule has 0 radical (unpaired) electrons. The van der Waals surface area contributed by atoms with Crippen molar-refractivity contribution < 1.29 is 20.0 Å². The van der Waals surface area contributed by atoms with Crippen molar-refractivity contribution >= 4 is 0 Å². The van der Waals surface area contributed by atoms with E-state index < -0.39 is 0 Å². The Morgan fingerprint density at radius 3 is 2.83 bits per heavy atom. The van der Waals surface area contributed by atoms with Crippen LogP contribution in [0.2, 0.25) is 0 Å². The standard InChI is InChI=1S/C5H5.Os.H/c1-2-4-5-3-1;;/h1-3H,4H2;;/q;;-1. The Balaban J connectivity index is 0.000000360. The Bertz CT molecular complexity index is 105. The molecule has 1 heteroatoms. The van der Waals surface area contributed by atoms with E-state index >= 15 is 0 Å². The summed E-state index contributed by atoms with van der Waals surface area (Å²) in [5.74, 6) is 0. The van der Waals surface area contributed by atoms with Crippen molar-refractivity contribution in [3.8, 4) is 0 Å². The summed E-state index contributed by atoms with van der Waals surface area (Å²) in [6.07, 6.45) is 7.60. The molecule has 1 aliphatic rings. The number of rotatable bonds is 0. The van der Waals surface area contributed by atoms with Gasteiger partial charge in [0.05, 0.1) is 0 Å². The van der Waals surface area contributed by atoms with Gasteiger partial charge in [-0.1, -0.05) is 0 Å². The molecule has 0 N–H and O–H groups in total. The fourth-order valence-electron chi connectivity index (χ4n) is 0.416. The van der Waals surface area contributed by atoms with E-state index in [-0.39, 0.29) is 1.43 Å². The van der Waals surface area contributed by atoms with Crippen LogP contribution in [-0.2, 0) is 18.6 Å². The van der Waals surface area contributed by atoms with Gasteiger partial charge in [0.1, 0.15) is 0 Å². The quantitative estimate of drug-likeness (QED) is 0.616.